The van der Waals surface area contributed by atoms with Gasteiger partial charge >= 0.3 is 18.4 Å². The number of nitrogens with one attached hydrogen (secondary N) is 2. The van der Waals surface area contributed by atoms with Crippen molar-refractivity contribution < 1.29 is 22.3 Å². The van der Waals surface area contributed by atoms with Gasteiger partial charge in [0.25, 0.3) is 0 Å². The first-order valence-electron chi connectivity index (χ1n) is 6.55. The summed E-state index contributed by atoms with van der Waals surface area (Å²) in [6.07, 6.45) is -3.84. The number of alkyl halides is 4. The molecule has 0 spiro atoms. The lowest BCUT2D eigenvalue weighted by Crippen LogP contribution is -2.34. The van der Waals surface area contributed by atoms with E-state index in [1.54, 1.807) is 12.1 Å². The molecule has 2 N–H and O–H groups in total. The van der Waals surface area contributed by atoms with Gasteiger partial charge in [-0.1, -0.05) is 0 Å². The molecule has 2 aromatic rings. The molecule has 0 aliphatic heterocycles. The quantitative estimate of drug-likeness (QED) is 0.490. The Balaban J connectivity index is 2.16. The Kier molecular flexibility index (Phi) is 5.96. The topological polar surface area (TPSA) is 72.0 Å². The van der Waals surface area contributed by atoms with E-state index < -0.39 is 25.0 Å². The molecule has 24 heavy (non-hydrogen) atoms. The zero-order valence-corrected chi connectivity index (χ0v) is 14.4. The van der Waals surface area contributed by atoms with Gasteiger partial charge in [0.1, 0.15) is 0 Å². The average molecular weight is 457 g/mol. The summed E-state index contributed by atoms with van der Waals surface area (Å²) < 4.78 is 55.8. The Morgan fingerprint density at radius 2 is 1.75 bits per heavy atom. The molecule has 2 rings (SSSR count). The molecule has 1 aromatic carbocycles. The van der Waals surface area contributed by atoms with E-state index in [-0.39, 0.29) is 11.9 Å². The fraction of sp³-hybridized carbons (Fsp3) is 0.308. The molecule has 0 unspecified atom stereocenters. The van der Waals surface area contributed by atoms with Crippen molar-refractivity contribution >= 4 is 40.2 Å². The van der Waals surface area contributed by atoms with Crippen molar-refractivity contribution in [3.63, 3.8) is 0 Å². The largest absolute Gasteiger partial charge is 0.457 e. The van der Waals surface area contributed by atoms with Crippen LogP contribution in [0.3, 0.4) is 0 Å². The molecule has 0 aliphatic rings. The van der Waals surface area contributed by atoms with Gasteiger partial charge in [0.15, 0.2) is 6.61 Å². The van der Waals surface area contributed by atoms with E-state index in [4.69, 9.17) is 0 Å². The van der Waals surface area contributed by atoms with Crippen LogP contribution in [0.25, 0.3) is 0 Å². The van der Waals surface area contributed by atoms with Crippen LogP contribution in [-0.2, 0) is 0 Å². The van der Waals surface area contributed by atoms with Crippen LogP contribution in [-0.4, -0.2) is 41.0 Å². The molecular weight excluding hydrogens is 445 g/mol. The second-order valence-corrected chi connectivity index (χ2v) is 5.74. The van der Waals surface area contributed by atoms with Crippen LogP contribution in [0.5, 0.6) is 6.01 Å². The lowest BCUT2D eigenvalue weighted by Gasteiger charge is -2.15. The number of benzene rings is 1. The maximum Gasteiger partial charge on any atom is 0.340 e. The standard InChI is InChI=1S/C13H12F4IN5O/c1-19-10-21-11(20-8-4-2-7(18)3-5-8)23-12(22-10)24-6-13(16,17)9(14)15/h2-5,9H,6H2,1H3,(H2,19,20,21,22,23). The summed E-state index contributed by atoms with van der Waals surface area (Å²) in [4.78, 5) is 11.5. The van der Waals surface area contributed by atoms with Crippen LogP contribution in [0.15, 0.2) is 24.3 Å². The molecule has 0 fully saturated rings. The SMILES string of the molecule is CNc1nc(Nc2ccc(I)cc2)nc(OCC(F)(F)C(F)F)n1. The zero-order valence-electron chi connectivity index (χ0n) is 12.2. The molecule has 1 heterocycles. The zero-order chi connectivity index (χ0) is 17.7. The molecule has 0 amide bonds. The van der Waals surface area contributed by atoms with E-state index in [1.165, 1.54) is 7.05 Å². The van der Waals surface area contributed by atoms with E-state index in [2.05, 4.69) is 52.9 Å². The summed E-state index contributed by atoms with van der Waals surface area (Å²) in [5.41, 5.74) is 0.646. The van der Waals surface area contributed by atoms with Crippen molar-refractivity contribution in [3.05, 3.63) is 27.8 Å². The Morgan fingerprint density at radius 1 is 1.12 bits per heavy atom. The minimum atomic E-state index is -4.30. The first-order chi connectivity index (χ1) is 11.3. The van der Waals surface area contributed by atoms with Gasteiger partial charge in [0.05, 0.1) is 0 Å². The number of nitrogens with zero attached hydrogens (tertiary/aromatic N) is 3. The van der Waals surface area contributed by atoms with Crippen LogP contribution >= 0.6 is 22.6 Å². The van der Waals surface area contributed by atoms with E-state index in [0.717, 1.165) is 3.57 Å². The number of hydrogen-bond donors (Lipinski definition) is 2. The van der Waals surface area contributed by atoms with Gasteiger partial charge in [-0.25, -0.2) is 8.78 Å². The number of halogens is 5. The first kappa shape index (κ1) is 18.4. The number of hydrogen-bond acceptors (Lipinski definition) is 6. The third kappa shape index (κ3) is 5.04. The van der Waals surface area contributed by atoms with Crippen LogP contribution < -0.4 is 15.4 Å². The smallest absolute Gasteiger partial charge is 0.340 e. The van der Waals surface area contributed by atoms with Crippen molar-refractivity contribution in [1.29, 1.82) is 0 Å². The van der Waals surface area contributed by atoms with Crippen molar-refractivity contribution in [2.24, 2.45) is 0 Å². The minimum absolute atomic E-state index is 0.0194. The van der Waals surface area contributed by atoms with E-state index in [0.29, 0.717) is 5.69 Å². The molecule has 6 nitrogen and oxygen atoms in total. The summed E-state index contributed by atoms with van der Waals surface area (Å²) in [6, 6.07) is 6.70. The second-order valence-electron chi connectivity index (χ2n) is 4.50. The molecule has 11 heteroatoms. The van der Waals surface area contributed by atoms with Crippen LogP contribution in [0.4, 0.5) is 35.1 Å². The third-order valence-electron chi connectivity index (χ3n) is 2.65. The minimum Gasteiger partial charge on any atom is -0.457 e. The van der Waals surface area contributed by atoms with Gasteiger partial charge in [-0.05, 0) is 46.9 Å². The molecule has 1 aromatic heterocycles. The highest BCUT2D eigenvalue weighted by Gasteiger charge is 2.42. The summed E-state index contributed by atoms with van der Waals surface area (Å²) in [5, 5.41) is 5.45. The Morgan fingerprint density at radius 3 is 2.33 bits per heavy atom. The molecule has 0 atom stereocenters. The number of rotatable bonds is 7. The summed E-state index contributed by atoms with van der Waals surface area (Å²) in [5.74, 6) is -4.24. The van der Waals surface area contributed by atoms with Crippen molar-refractivity contribution in [2.75, 3.05) is 24.3 Å². The molecule has 0 aliphatic carbocycles. The number of aromatic nitrogens is 3. The van der Waals surface area contributed by atoms with Crippen LogP contribution in [0.1, 0.15) is 0 Å². The molecule has 130 valence electrons. The van der Waals surface area contributed by atoms with Gasteiger partial charge < -0.3 is 15.4 Å². The molecule has 0 bridgehead atoms. The van der Waals surface area contributed by atoms with Gasteiger partial charge in [-0.15, -0.1) is 0 Å². The highest BCUT2D eigenvalue weighted by Crippen LogP contribution is 2.24. The Bertz CT molecular complexity index is 687. The van der Waals surface area contributed by atoms with Crippen molar-refractivity contribution in [3.8, 4) is 6.01 Å². The lowest BCUT2D eigenvalue weighted by atomic mass is 10.3. The van der Waals surface area contributed by atoms with E-state index in [1.807, 2.05) is 12.1 Å². The fourth-order valence-electron chi connectivity index (χ4n) is 1.47. The van der Waals surface area contributed by atoms with E-state index in [9.17, 15) is 17.6 Å². The summed E-state index contributed by atoms with van der Waals surface area (Å²) in [6.45, 7) is -1.54. The highest BCUT2D eigenvalue weighted by atomic mass is 127. The van der Waals surface area contributed by atoms with Gasteiger partial charge in [0.2, 0.25) is 11.9 Å². The molecule has 0 radical (unpaired) electrons. The average Bonchev–Trinajstić information content (AvgIpc) is 2.55. The van der Waals surface area contributed by atoms with Crippen LogP contribution in [0.2, 0.25) is 0 Å². The highest BCUT2D eigenvalue weighted by molar-refractivity contribution is 14.1. The van der Waals surface area contributed by atoms with Gasteiger partial charge in [0, 0.05) is 16.3 Å². The Hall–Kier alpha value is -1.92. The number of ether oxygens (including phenoxy) is 1. The molecular formula is C13H12F4IN5O. The van der Waals surface area contributed by atoms with E-state index >= 15 is 0 Å². The maximum atomic E-state index is 12.9. The summed E-state index contributed by atoms with van der Waals surface area (Å²) >= 11 is 2.14. The second kappa shape index (κ2) is 7.77. The predicted octanol–water partition coefficient (Wildman–Crippen LogP) is 3.54. The summed E-state index contributed by atoms with van der Waals surface area (Å²) in [7, 11) is 1.50. The first-order valence-corrected chi connectivity index (χ1v) is 7.63. The third-order valence-corrected chi connectivity index (χ3v) is 3.37. The fourth-order valence-corrected chi connectivity index (χ4v) is 1.83. The normalized spacial score (nSPS) is 11.5. The lowest BCUT2D eigenvalue weighted by molar-refractivity contribution is -0.149. The molecule has 0 saturated carbocycles. The monoisotopic (exact) mass is 457 g/mol. The number of anilines is 3. The van der Waals surface area contributed by atoms with Gasteiger partial charge in [-0.3, -0.25) is 0 Å². The van der Waals surface area contributed by atoms with Crippen LogP contribution in [0, 0.1) is 3.57 Å². The van der Waals surface area contributed by atoms with Crippen molar-refractivity contribution in [2.45, 2.75) is 12.3 Å². The van der Waals surface area contributed by atoms with Gasteiger partial charge in [-0.2, -0.15) is 23.7 Å². The Labute approximate surface area is 148 Å². The molecule has 0 saturated heterocycles. The van der Waals surface area contributed by atoms with Crippen molar-refractivity contribution in [1.82, 2.24) is 15.0 Å². The maximum absolute atomic E-state index is 12.9. The predicted molar refractivity (Wildman–Crippen MR) is 88.3 cm³/mol.